The molecule has 2 rings (SSSR count). The van der Waals surface area contributed by atoms with Crippen molar-refractivity contribution in [2.24, 2.45) is 5.92 Å². The molecule has 1 aliphatic rings. The summed E-state index contributed by atoms with van der Waals surface area (Å²) in [6, 6.07) is 6.81. The van der Waals surface area contributed by atoms with E-state index >= 15 is 0 Å². The van der Waals surface area contributed by atoms with E-state index in [1.165, 1.54) is 6.42 Å². The molecule has 1 N–H and O–H groups in total. The van der Waals surface area contributed by atoms with E-state index in [-0.39, 0.29) is 10.9 Å². The summed E-state index contributed by atoms with van der Waals surface area (Å²) in [4.78, 5) is 0.190. The maximum Gasteiger partial charge on any atom is 0.312 e. The van der Waals surface area contributed by atoms with Gasteiger partial charge in [0.05, 0.1) is 4.90 Å². The van der Waals surface area contributed by atoms with E-state index in [4.69, 9.17) is 4.28 Å². The zero-order chi connectivity index (χ0) is 16.7. The summed E-state index contributed by atoms with van der Waals surface area (Å²) < 4.78 is 29.3. The molecular weight excluding hydrogens is 310 g/mol. The zero-order valence-corrected chi connectivity index (χ0v) is 14.8. The maximum absolute atomic E-state index is 12.1. The number of benzene rings is 1. The molecule has 0 heterocycles. The molecule has 0 spiro atoms. The first kappa shape index (κ1) is 18.2. The van der Waals surface area contributed by atoms with Crippen LogP contribution in [0.5, 0.6) is 0 Å². The van der Waals surface area contributed by atoms with Gasteiger partial charge in [-0.15, -0.1) is 0 Å². The number of hydrogen-bond donors (Lipinski definition) is 1. The first-order chi connectivity index (χ1) is 11.0. The van der Waals surface area contributed by atoms with Gasteiger partial charge in [0, 0.05) is 6.04 Å². The van der Waals surface area contributed by atoms with Gasteiger partial charge in [0.15, 0.2) is 0 Å². The number of aryl methyl sites for hydroxylation is 1. The van der Waals surface area contributed by atoms with Crippen LogP contribution in [-0.4, -0.2) is 14.5 Å². The lowest BCUT2D eigenvalue weighted by Gasteiger charge is -2.28. The Morgan fingerprint density at radius 2 is 1.83 bits per heavy atom. The van der Waals surface area contributed by atoms with Crippen LogP contribution in [0.3, 0.4) is 0 Å². The van der Waals surface area contributed by atoms with Crippen LogP contribution >= 0.6 is 0 Å². The van der Waals surface area contributed by atoms with E-state index in [9.17, 15) is 8.42 Å². The van der Waals surface area contributed by atoms with Gasteiger partial charge in [-0.3, -0.25) is 0 Å². The largest absolute Gasteiger partial charge is 0.312 e. The Labute approximate surface area is 140 Å². The lowest BCUT2D eigenvalue weighted by atomic mass is 9.84. The van der Waals surface area contributed by atoms with Crippen molar-refractivity contribution in [2.75, 3.05) is 0 Å². The Hall–Kier alpha value is -1.17. The normalized spacial score (nSPS) is 22.5. The first-order valence-corrected chi connectivity index (χ1v) is 9.79. The molecule has 0 atom stereocenters. The summed E-state index contributed by atoms with van der Waals surface area (Å²) in [6.45, 7) is 3.97. The summed E-state index contributed by atoms with van der Waals surface area (Å²) in [7, 11) is -3.73. The Bertz CT molecular complexity index is 600. The van der Waals surface area contributed by atoms with Gasteiger partial charge in [-0.1, -0.05) is 29.8 Å². The molecule has 1 aromatic carbocycles. The van der Waals surface area contributed by atoms with Crippen molar-refractivity contribution in [1.82, 2.24) is 5.48 Å². The zero-order valence-electron chi connectivity index (χ0n) is 14.0. The smallest absolute Gasteiger partial charge is 0.192 e. The van der Waals surface area contributed by atoms with Crippen LogP contribution in [0.15, 0.2) is 41.3 Å². The van der Waals surface area contributed by atoms with E-state index in [0.717, 1.165) is 43.6 Å². The Balaban J connectivity index is 1.77. The fraction of sp³-hybridized carbons (Fsp3) is 0.556. The first-order valence-electron chi connectivity index (χ1n) is 8.38. The summed E-state index contributed by atoms with van der Waals surface area (Å²) in [6.07, 6.45) is 10.8. The van der Waals surface area contributed by atoms with Crippen LogP contribution in [0, 0.1) is 12.8 Å². The third kappa shape index (κ3) is 5.75. The lowest BCUT2D eigenvalue weighted by Crippen LogP contribution is -2.35. The minimum Gasteiger partial charge on any atom is -0.192 e. The second-order valence-corrected chi connectivity index (χ2v) is 7.88. The van der Waals surface area contributed by atoms with E-state index in [1.807, 2.05) is 13.8 Å². The quantitative estimate of drug-likeness (QED) is 0.601. The molecule has 0 aromatic heterocycles. The Morgan fingerprint density at radius 3 is 2.43 bits per heavy atom. The number of hydrogen-bond acceptors (Lipinski definition) is 4. The van der Waals surface area contributed by atoms with Crippen molar-refractivity contribution in [3.8, 4) is 0 Å². The highest BCUT2D eigenvalue weighted by molar-refractivity contribution is 7.86. The molecular formula is C18H27NO3S. The minimum atomic E-state index is -3.73. The molecule has 1 fully saturated rings. The highest BCUT2D eigenvalue weighted by Crippen LogP contribution is 2.28. The van der Waals surface area contributed by atoms with E-state index in [2.05, 4.69) is 17.6 Å². The second kappa shape index (κ2) is 8.62. The summed E-state index contributed by atoms with van der Waals surface area (Å²) in [5.74, 6) is 0.748. The summed E-state index contributed by atoms with van der Waals surface area (Å²) in [5.41, 5.74) is 3.78. The molecule has 1 saturated carbocycles. The number of rotatable bonds is 7. The van der Waals surface area contributed by atoms with Gasteiger partial charge >= 0.3 is 10.1 Å². The van der Waals surface area contributed by atoms with Crippen LogP contribution < -0.4 is 5.48 Å². The van der Waals surface area contributed by atoms with Crippen LogP contribution in [0.4, 0.5) is 0 Å². The summed E-state index contributed by atoms with van der Waals surface area (Å²) >= 11 is 0. The molecule has 5 heteroatoms. The van der Waals surface area contributed by atoms with Crippen LogP contribution in [0.1, 0.15) is 51.0 Å². The molecule has 0 amide bonds. The number of allylic oxidation sites excluding steroid dienone is 2. The van der Waals surface area contributed by atoms with Crippen molar-refractivity contribution in [2.45, 2.75) is 63.3 Å². The summed E-state index contributed by atoms with van der Waals surface area (Å²) in [5, 5.41) is 0. The van der Waals surface area contributed by atoms with Crippen molar-refractivity contribution in [3.05, 3.63) is 42.0 Å². The molecule has 0 unspecified atom stereocenters. The molecule has 0 radical (unpaired) electrons. The molecule has 23 heavy (non-hydrogen) atoms. The molecule has 0 bridgehead atoms. The monoisotopic (exact) mass is 337 g/mol. The lowest BCUT2D eigenvalue weighted by molar-refractivity contribution is 0.126. The third-order valence-electron chi connectivity index (χ3n) is 4.46. The fourth-order valence-corrected chi connectivity index (χ4v) is 3.78. The predicted molar refractivity (Wildman–Crippen MR) is 92.4 cm³/mol. The van der Waals surface area contributed by atoms with Crippen molar-refractivity contribution in [1.29, 1.82) is 0 Å². The Kier molecular flexibility index (Phi) is 6.81. The van der Waals surface area contributed by atoms with Gasteiger partial charge < -0.3 is 0 Å². The van der Waals surface area contributed by atoms with Gasteiger partial charge in [0.2, 0.25) is 0 Å². The predicted octanol–water partition coefficient (Wildman–Crippen LogP) is 4.12. The number of hydroxylamine groups is 1. The van der Waals surface area contributed by atoms with Crippen molar-refractivity contribution < 1.29 is 12.7 Å². The van der Waals surface area contributed by atoms with E-state index < -0.39 is 10.1 Å². The van der Waals surface area contributed by atoms with Gasteiger partial charge in [-0.05, 0) is 70.4 Å². The van der Waals surface area contributed by atoms with Crippen LogP contribution in [-0.2, 0) is 14.4 Å². The van der Waals surface area contributed by atoms with Crippen LogP contribution in [0.2, 0.25) is 0 Å². The van der Waals surface area contributed by atoms with Gasteiger partial charge in [-0.2, -0.15) is 18.2 Å². The molecule has 4 nitrogen and oxygen atoms in total. The fourth-order valence-electron chi connectivity index (χ4n) is 2.95. The van der Waals surface area contributed by atoms with Crippen molar-refractivity contribution in [3.63, 3.8) is 0 Å². The van der Waals surface area contributed by atoms with E-state index in [0.29, 0.717) is 0 Å². The van der Waals surface area contributed by atoms with Crippen molar-refractivity contribution >= 4 is 10.1 Å². The maximum atomic E-state index is 12.1. The average Bonchev–Trinajstić information content (AvgIpc) is 2.55. The molecule has 1 aliphatic carbocycles. The molecule has 1 aromatic rings. The molecule has 128 valence electrons. The van der Waals surface area contributed by atoms with Gasteiger partial charge in [0.25, 0.3) is 0 Å². The second-order valence-electron chi connectivity index (χ2n) is 6.33. The topological polar surface area (TPSA) is 55.4 Å². The average molecular weight is 337 g/mol. The SMILES string of the molecule is C/C=C/CCC1CCC(NOS(=O)(=O)c2ccc(C)cc2)CC1. The van der Waals surface area contributed by atoms with Gasteiger partial charge in [-0.25, -0.2) is 0 Å². The molecule has 0 saturated heterocycles. The van der Waals surface area contributed by atoms with E-state index in [1.54, 1.807) is 24.3 Å². The van der Waals surface area contributed by atoms with Gasteiger partial charge in [0.1, 0.15) is 0 Å². The number of nitrogens with one attached hydrogen (secondary N) is 1. The molecule has 0 aliphatic heterocycles. The Morgan fingerprint density at radius 1 is 1.17 bits per heavy atom. The minimum absolute atomic E-state index is 0.119. The third-order valence-corrected chi connectivity index (χ3v) is 5.62. The highest BCUT2D eigenvalue weighted by atomic mass is 32.2. The van der Waals surface area contributed by atoms with Crippen LogP contribution in [0.25, 0.3) is 0 Å². The standard InChI is InChI=1S/C18H27NO3S/c1-3-4-5-6-16-9-11-17(12-10-16)19-22-23(20,21)18-13-7-15(2)8-14-18/h3-4,7-8,13-14,16-17,19H,5-6,9-12H2,1-2H3/b4-3+. The highest BCUT2D eigenvalue weighted by Gasteiger charge is 2.23.